The fourth-order valence-electron chi connectivity index (χ4n) is 5.42. The lowest BCUT2D eigenvalue weighted by Gasteiger charge is -2.30. The van der Waals surface area contributed by atoms with E-state index in [1.54, 1.807) is 62.8 Å². The molecule has 0 saturated carbocycles. The number of carbonyl (C=O) groups is 4. The highest BCUT2D eigenvalue weighted by Gasteiger charge is 2.46. The number of rotatable bonds is 13. The van der Waals surface area contributed by atoms with Gasteiger partial charge in [0.05, 0.1) is 25.4 Å². The minimum Gasteiger partial charge on any atom is -0.497 e. The standard InChI is InChI=1S/C34H36O7/c1-5-7-9-11-26-29(32(36)22-14-18-24(40-4)19-15-22)27(20-28(35)21-12-16-23(39-3)17-13-21)25(10-8-6-2)30-31(26)34(38)41-33(30)37/h11-19,25H,5-10,20H2,1-4H3/b26-11-. The van der Waals surface area contributed by atoms with Crippen molar-refractivity contribution in [3.05, 3.63) is 93.6 Å². The zero-order valence-electron chi connectivity index (χ0n) is 24.1. The molecule has 0 aromatic heterocycles. The van der Waals surface area contributed by atoms with Crippen LogP contribution in [0.1, 0.15) is 79.5 Å². The zero-order chi connectivity index (χ0) is 29.5. The lowest BCUT2D eigenvalue weighted by atomic mass is 9.70. The molecule has 2 aromatic carbocycles. The van der Waals surface area contributed by atoms with E-state index in [2.05, 4.69) is 6.92 Å². The predicted octanol–water partition coefficient (Wildman–Crippen LogP) is 6.77. The number of methoxy groups -OCH3 is 2. The Kier molecular flexibility index (Phi) is 9.71. The van der Waals surface area contributed by atoms with Crippen molar-refractivity contribution in [1.29, 1.82) is 0 Å². The number of ether oxygens (including phenoxy) is 3. The summed E-state index contributed by atoms with van der Waals surface area (Å²) in [6, 6.07) is 13.5. The van der Waals surface area contributed by atoms with Gasteiger partial charge in [0.2, 0.25) is 0 Å². The molecule has 214 valence electrons. The maximum Gasteiger partial charge on any atom is 0.347 e. The van der Waals surface area contributed by atoms with Crippen LogP contribution in [0.5, 0.6) is 11.5 Å². The fourth-order valence-corrected chi connectivity index (χ4v) is 5.42. The molecule has 0 fully saturated rings. The predicted molar refractivity (Wildman–Crippen MR) is 155 cm³/mol. The quantitative estimate of drug-likeness (QED) is 0.116. The summed E-state index contributed by atoms with van der Waals surface area (Å²) in [6.07, 6.45) is 6.19. The van der Waals surface area contributed by atoms with Gasteiger partial charge in [-0.1, -0.05) is 45.6 Å². The molecule has 1 heterocycles. The van der Waals surface area contributed by atoms with Crippen LogP contribution in [0, 0.1) is 5.92 Å². The smallest absolute Gasteiger partial charge is 0.347 e. The third-order valence-electron chi connectivity index (χ3n) is 7.60. The number of unbranched alkanes of at least 4 members (excludes halogenated alkanes) is 3. The topological polar surface area (TPSA) is 96.0 Å². The largest absolute Gasteiger partial charge is 0.497 e. The Morgan fingerprint density at radius 3 is 1.98 bits per heavy atom. The second kappa shape index (κ2) is 13.4. The Balaban J connectivity index is 1.93. The van der Waals surface area contributed by atoms with Crippen LogP contribution < -0.4 is 9.47 Å². The number of cyclic esters (lactones) is 2. The Morgan fingerprint density at radius 2 is 1.41 bits per heavy atom. The number of hydrogen-bond acceptors (Lipinski definition) is 7. The first-order chi connectivity index (χ1) is 19.8. The zero-order valence-corrected chi connectivity index (χ0v) is 24.1. The van der Waals surface area contributed by atoms with Gasteiger partial charge >= 0.3 is 11.9 Å². The molecule has 1 aliphatic heterocycles. The van der Waals surface area contributed by atoms with Gasteiger partial charge in [-0.15, -0.1) is 0 Å². The van der Waals surface area contributed by atoms with E-state index < -0.39 is 17.9 Å². The van der Waals surface area contributed by atoms with Crippen molar-refractivity contribution in [3.63, 3.8) is 0 Å². The molecule has 0 N–H and O–H groups in total. The highest BCUT2D eigenvalue weighted by molar-refractivity contribution is 6.22. The molecule has 1 atom stereocenters. The number of carbonyl (C=O) groups excluding carboxylic acids is 4. The Morgan fingerprint density at radius 1 is 0.829 bits per heavy atom. The fraction of sp³-hybridized carbons (Fsp3) is 0.353. The van der Waals surface area contributed by atoms with E-state index in [1.807, 2.05) is 13.0 Å². The van der Waals surface area contributed by atoms with Crippen molar-refractivity contribution >= 4 is 23.5 Å². The lowest BCUT2D eigenvalue weighted by Crippen LogP contribution is -2.26. The summed E-state index contributed by atoms with van der Waals surface area (Å²) in [6.45, 7) is 4.08. The first-order valence-corrected chi connectivity index (χ1v) is 14.1. The second-order valence-electron chi connectivity index (χ2n) is 10.2. The monoisotopic (exact) mass is 556 g/mol. The normalized spacial score (nSPS) is 17.6. The molecule has 2 aromatic rings. The summed E-state index contributed by atoms with van der Waals surface area (Å²) in [5.74, 6) is -1.31. The Bertz CT molecular complexity index is 1420. The van der Waals surface area contributed by atoms with Gasteiger partial charge in [-0.2, -0.15) is 0 Å². The minimum atomic E-state index is -0.741. The number of Topliss-reactive ketones (excluding diaryl/α,β-unsaturated/α-hetero) is 2. The molecular formula is C34H36O7. The molecule has 4 rings (SSSR count). The molecule has 0 spiro atoms. The molecule has 1 aliphatic carbocycles. The van der Waals surface area contributed by atoms with Gasteiger partial charge in [0.1, 0.15) is 11.5 Å². The van der Waals surface area contributed by atoms with Gasteiger partial charge in [0.15, 0.2) is 11.6 Å². The van der Waals surface area contributed by atoms with Crippen molar-refractivity contribution < 1.29 is 33.4 Å². The van der Waals surface area contributed by atoms with E-state index in [9.17, 15) is 19.2 Å². The summed E-state index contributed by atoms with van der Waals surface area (Å²) in [5.41, 5.74) is 2.51. The number of esters is 2. The molecule has 41 heavy (non-hydrogen) atoms. The van der Waals surface area contributed by atoms with E-state index >= 15 is 0 Å². The van der Waals surface area contributed by atoms with E-state index in [4.69, 9.17) is 14.2 Å². The molecule has 1 unspecified atom stereocenters. The molecule has 0 radical (unpaired) electrons. The highest BCUT2D eigenvalue weighted by Crippen LogP contribution is 2.47. The van der Waals surface area contributed by atoms with E-state index in [0.717, 1.165) is 25.7 Å². The van der Waals surface area contributed by atoms with Gasteiger partial charge < -0.3 is 14.2 Å². The van der Waals surface area contributed by atoms with Crippen LogP contribution in [0.4, 0.5) is 0 Å². The van der Waals surface area contributed by atoms with Crippen LogP contribution >= 0.6 is 0 Å². The Hall–Kier alpha value is -4.26. The minimum absolute atomic E-state index is 0.0820. The molecule has 7 nitrogen and oxygen atoms in total. The third-order valence-corrected chi connectivity index (χ3v) is 7.60. The lowest BCUT2D eigenvalue weighted by molar-refractivity contribution is -0.151. The third kappa shape index (κ3) is 6.24. The summed E-state index contributed by atoms with van der Waals surface area (Å²) in [5, 5.41) is 0. The molecule has 0 amide bonds. The summed E-state index contributed by atoms with van der Waals surface area (Å²) >= 11 is 0. The average Bonchev–Trinajstić information content (AvgIpc) is 3.29. The summed E-state index contributed by atoms with van der Waals surface area (Å²) in [7, 11) is 3.10. The van der Waals surface area contributed by atoms with Gasteiger partial charge in [-0.3, -0.25) is 9.59 Å². The SMILES string of the molecule is CCCC/C=C1/C(C(=O)c2ccc(OC)cc2)=C(CC(=O)c2ccc(OC)cc2)C(CCCC)C2=C1C(=O)OC2=O. The van der Waals surface area contributed by atoms with Crippen LogP contribution in [0.25, 0.3) is 0 Å². The van der Waals surface area contributed by atoms with Crippen LogP contribution in [-0.2, 0) is 14.3 Å². The van der Waals surface area contributed by atoms with Gasteiger partial charge in [-0.25, -0.2) is 9.59 Å². The van der Waals surface area contributed by atoms with Gasteiger partial charge in [0, 0.05) is 29.0 Å². The molecular weight excluding hydrogens is 520 g/mol. The van der Waals surface area contributed by atoms with Crippen LogP contribution in [0.15, 0.2) is 82.5 Å². The number of benzene rings is 2. The molecule has 0 bridgehead atoms. The van der Waals surface area contributed by atoms with Crippen LogP contribution in [0.2, 0.25) is 0 Å². The van der Waals surface area contributed by atoms with E-state index in [-0.39, 0.29) is 29.1 Å². The summed E-state index contributed by atoms with van der Waals surface area (Å²) in [4.78, 5) is 54.2. The molecule has 7 heteroatoms. The molecule has 2 aliphatic rings. The number of hydrogen-bond donors (Lipinski definition) is 0. The first-order valence-electron chi connectivity index (χ1n) is 14.1. The average molecular weight is 557 g/mol. The second-order valence-corrected chi connectivity index (χ2v) is 10.2. The molecule has 0 saturated heterocycles. The van der Waals surface area contributed by atoms with Crippen LogP contribution in [0.3, 0.4) is 0 Å². The Labute approximate surface area is 240 Å². The number of ketones is 2. The highest BCUT2D eigenvalue weighted by atomic mass is 16.6. The van der Waals surface area contributed by atoms with Crippen molar-refractivity contribution in [2.75, 3.05) is 14.2 Å². The summed E-state index contributed by atoms with van der Waals surface area (Å²) < 4.78 is 15.6. The van der Waals surface area contributed by atoms with Crippen molar-refractivity contribution in [3.8, 4) is 11.5 Å². The maximum atomic E-state index is 14.3. The van der Waals surface area contributed by atoms with Crippen molar-refractivity contribution in [2.45, 2.75) is 58.8 Å². The maximum absolute atomic E-state index is 14.3. The van der Waals surface area contributed by atoms with E-state index in [0.29, 0.717) is 52.2 Å². The van der Waals surface area contributed by atoms with Gasteiger partial charge in [0.25, 0.3) is 0 Å². The van der Waals surface area contributed by atoms with Crippen molar-refractivity contribution in [1.82, 2.24) is 0 Å². The van der Waals surface area contributed by atoms with Crippen molar-refractivity contribution in [2.24, 2.45) is 5.92 Å². The number of allylic oxidation sites excluding steroid dienone is 3. The van der Waals surface area contributed by atoms with Crippen LogP contribution in [-0.4, -0.2) is 37.7 Å². The first kappa shape index (κ1) is 29.7. The van der Waals surface area contributed by atoms with Gasteiger partial charge in [-0.05, 0) is 72.5 Å². The van der Waals surface area contributed by atoms with E-state index in [1.165, 1.54) is 0 Å².